The molecule has 0 spiro atoms. The number of carbonyl (C=O) groups excluding carboxylic acids is 1. The predicted molar refractivity (Wildman–Crippen MR) is 120 cm³/mol. The maximum absolute atomic E-state index is 12.6. The zero-order chi connectivity index (χ0) is 20.4. The number of rotatable bonds is 6. The second-order valence-corrected chi connectivity index (χ2v) is 8.20. The largest absolute Gasteiger partial charge is 0.325 e. The Balaban J connectivity index is 1.55. The van der Waals surface area contributed by atoms with Gasteiger partial charge in [0.2, 0.25) is 5.91 Å². The van der Waals surface area contributed by atoms with Gasteiger partial charge in [-0.3, -0.25) is 9.20 Å². The molecule has 0 aliphatic carbocycles. The van der Waals surface area contributed by atoms with Crippen LogP contribution in [0.25, 0.3) is 16.6 Å². The third-order valence-corrected chi connectivity index (χ3v) is 6.21. The Morgan fingerprint density at radius 1 is 1.14 bits per heavy atom. The van der Waals surface area contributed by atoms with E-state index in [4.69, 9.17) is 0 Å². The van der Waals surface area contributed by atoms with Crippen LogP contribution in [-0.4, -0.2) is 26.3 Å². The molecule has 0 unspecified atom stereocenters. The van der Waals surface area contributed by atoms with E-state index >= 15 is 0 Å². The van der Waals surface area contributed by atoms with Crippen molar-refractivity contribution >= 4 is 39.9 Å². The second kappa shape index (κ2) is 8.25. The normalized spacial score (nSPS) is 12.4. The molecule has 2 aromatic carbocycles. The average molecular weight is 405 g/mol. The number of hydrogen-bond donors (Lipinski definition) is 1. The lowest BCUT2D eigenvalue weighted by molar-refractivity contribution is -0.113. The van der Waals surface area contributed by atoms with Gasteiger partial charge in [-0.25, -0.2) is 0 Å². The van der Waals surface area contributed by atoms with E-state index < -0.39 is 0 Å². The van der Waals surface area contributed by atoms with Gasteiger partial charge in [0.15, 0.2) is 10.8 Å². The minimum atomic E-state index is -0.0427. The molecule has 5 nitrogen and oxygen atoms in total. The SMILES string of the molecule is CC[C@@H](C)c1ccccc1NC(=O)CSc1nnc2cc(C)c3ccccc3n12. The van der Waals surface area contributed by atoms with Gasteiger partial charge in [-0.2, -0.15) is 0 Å². The van der Waals surface area contributed by atoms with Gasteiger partial charge in [0.05, 0.1) is 11.3 Å². The third-order valence-electron chi connectivity index (χ3n) is 5.28. The molecular weight excluding hydrogens is 380 g/mol. The molecule has 4 rings (SSSR count). The van der Waals surface area contributed by atoms with Crippen LogP contribution >= 0.6 is 11.8 Å². The van der Waals surface area contributed by atoms with Crippen LogP contribution in [0.1, 0.15) is 37.3 Å². The van der Waals surface area contributed by atoms with E-state index in [0.29, 0.717) is 5.92 Å². The Hall–Kier alpha value is -2.86. The molecule has 0 saturated carbocycles. The maximum atomic E-state index is 12.6. The van der Waals surface area contributed by atoms with E-state index in [-0.39, 0.29) is 11.7 Å². The van der Waals surface area contributed by atoms with Crippen molar-refractivity contribution in [1.82, 2.24) is 14.6 Å². The number of fused-ring (bicyclic) bond motifs is 3. The molecular formula is C23H24N4OS. The monoisotopic (exact) mass is 404 g/mol. The minimum Gasteiger partial charge on any atom is -0.325 e. The molecule has 0 fully saturated rings. The molecule has 1 amide bonds. The van der Waals surface area contributed by atoms with E-state index in [2.05, 4.69) is 54.5 Å². The number of hydrogen-bond acceptors (Lipinski definition) is 4. The van der Waals surface area contributed by atoms with Gasteiger partial charge < -0.3 is 5.32 Å². The van der Waals surface area contributed by atoms with Crippen molar-refractivity contribution in [2.24, 2.45) is 0 Å². The third kappa shape index (κ3) is 3.85. The molecule has 1 atom stereocenters. The summed E-state index contributed by atoms with van der Waals surface area (Å²) in [4.78, 5) is 12.6. The minimum absolute atomic E-state index is 0.0427. The van der Waals surface area contributed by atoms with E-state index in [1.807, 2.05) is 40.8 Å². The molecule has 0 bridgehead atoms. The highest BCUT2D eigenvalue weighted by atomic mass is 32.2. The van der Waals surface area contributed by atoms with E-state index in [1.165, 1.54) is 17.3 Å². The zero-order valence-corrected chi connectivity index (χ0v) is 17.7. The summed E-state index contributed by atoms with van der Waals surface area (Å²) >= 11 is 1.40. The van der Waals surface area contributed by atoms with Crippen LogP contribution in [0.5, 0.6) is 0 Å². The molecule has 0 aliphatic heterocycles. The molecule has 2 aromatic heterocycles. The quantitative estimate of drug-likeness (QED) is 0.435. The summed E-state index contributed by atoms with van der Waals surface area (Å²) in [5.41, 5.74) is 5.07. The predicted octanol–water partition coefficient (Wildman–Crippen LogP) is 5.44. The Kier molecular flexibility index (Phi) is 5.53. The van der Waals surface area contributed by atoms with E-state index in [9.17, 15) is 4.79 Å². The van der Waals surface area contributed by atoms with Gasteiger partial charge in [-0.15, -0.1) is 10.2 Å². The van der Waals surface area contributed by atoms with Gasteiger partial charge in [0.1, 0.15) is 0 Å². The number of anilines is 1. The summed E-state index contributed by atoms with van der Waals surface area (Å²) in [6, 6.07) is 18.2. The number of aryl methyl sites for hydroxylation is 1. The van der Waals surface area contributed by atoms with Crippen LogP contribution in [0.15, 0.2) is 59.8 Å². The maximum Gasteiger partial charge on any atom is 0.234 e. The zero-order valence-electron chi connectivity index (χ0n) is 16.8. The van der Waals surface area contributed by atoms with Crippen molar-refractivity contribution in [3.8, 4) is 0 Å². The molecule has 0 radical (unpaired) electrons. The van der Waals surface area contributed by atoms with E-state index in [0.717, 1.165) is 39.4 Å². The Bertz CT molecular complexity index is 1180. The van der Waals surface area contributed by atoms with Gasteiger partial charge in [-0.05, 0) is 48.6 Å². The van der Waals surface area contributed by atoms with Crippen LogP contribution in [0.3, 0.4) is 0 Å². The van der Waals surface area contributed by atoms with Crippen LogP contribution in [0, 0.1) is 6.92 Å². The van der Waals surface area contributed by atoms with Crippen LogP contribution in [-0.2, 0) is 4.79 Å². The molecule has 1 N–H and O–H groups in total. The lowest BCUT2D eigenvalue weighted by Crippen LogP contribution is -2.16. The fourth-order valence-electron chi connectivity index (χ4n) is 3.55. The number of nitrogens with zero attached hydrogens (tertiary/aromatic N) is 3. The topological polar surface area (TPSA) is 59.3 Å². The first-order valence-electron chi connectivity index (χ1n) is 9.83. The lowest BCUT2D eigenvalue weighted by atomic mass is 9.97. The molecule has 148 valence electrons. The molecule has 4 aromatic rings. The summed E-state index contributed by atoms with van der Waals surface area (Å²) in [5, 5.41) is 13.6. The number of amides is 1. The van der Waals surface area contributed by atoms with Gasteiger partial charge >= 0.3 is 0 Å². The first-order valence-corrected chi connectivity index (χ1v) is 10.8. The van der Waals surface area contributed by atoms with Crippen molar-refractivity contribution < 1.29 is 4.79 Å². The Morgan fingerprint density at radius 2 is 1.90 bits per heavy atom. The average Bonchev–Trinajstić information content (AvgIpc) is 3.15. The summed E-state index contributed by atoms with van der Waals surface area (Å²) < 4.78 is 2.02. The Morgan fingerprint density at radius 3 is 2.72 bits per heavy atom. The molecule has 0 saturated heterocycles. The number of aromatic nitrogens is 3. The van der Waals surface area contributed by atoms with Crippen molar-refractivity contribution in [3.05, 3.63) is 65.7 Å². The molecule has 6 heteroatoms. The lowest BCUT2D eigenvalue weighted by Gasteiger charge is -2.15. The first-order chi connectivity index (χ1) is 14.1. The molecule has 2 heterocycles. The fourth-order valence-corrected chi connectivity index (χ4v) is 4.30. The van der Waals surface area contributed by atoms with Crippen molar-refractivity contribution in [3.63, 3.8) is 0 Å². The van der Waals surface area contributed by atoms with Crippen LogP contribution in [0.2, 0.25) is 0 Å². The van der Waals surface area contributed by atoms with Gasteiger partial charge in [-0.1, -0.05) is 62.0 Å². The van der Waals surface area contributed by atoms with Crippen LogP contribution in [0.4, 0.5) is 5.69 Å². The number of pyridine rings is 1. The van der Waals surface area contributed by atoms with Crippen molar-refractivity contribution in [2.45, 2.75) is 38.3 Å². The van der Waals surface area contributed by atoms with Crippen molar-refractivity contribution in [2.75, 3.05) is 11.1 Å². The second-order valence-electron chi connectivity index (χ2n) is 7.25. The standard InChI is InChI=1S/C23H24N4OS/c1-4-15(2)17-9-5-7-11-19(17)24-22(28)14-29-23-26-25-21-13-16(3)18-10-6-8-12-20(18)27(21)23/h5-13,15H,4,14H2,1-3H3,(H,24,28)/t15-/m1/s1. The molecule has 29 heavy (non-hydrogen) atoms. The number of benzene rings is 2. The summed E-state index contributed by atoms with van der Waals surface area (Å²) in [6.07, 6.45) is 1.03. The number of nitrogens with one attached hydrogen (secondary N) is 1. The van der Waals surface area contributed by atoms with Crippen molar-refractivity contribution in [1.29, 1.82) is 0 Å². The summed E-state index contributed by atoms with van der Waals surface area (Å²) in [6.45, 7) is 6.41. The smallest absolute Gasteiger partial charge is 0.234 e. The highest BCUT2D eigenvalue weighted by molar-refractivity contribution is 7.99. The first kappa shape index (κ1) is 19.5. The summed E-state index contributed by atoms with van der Waals surface area (Å²) in [7, 11) is 0. The number of carbonyl (C=O) groups is 1. The van der Waals surface area contributed by atoms with Gasteiger partial charge in [0.25, 0.3) is 0 Å². The molecule has 0 aliphatic rings. The summed E-state index contributed by atoms with van der Waals surface area (Å²) in [5.74, 6) is 0.630. The van der Waals surface area contributed by atoms with Crippen LogP contribution < -0.4 is 5.32 Å². The van der Waals surface area contributed by atoms with E-state index in [1.54, 1.807) is 0 Å². The fraction of sp³-hybridized carbons (Fsp3) is 0.261. The highest BCUT2D eigenvalue weighted by Gasteiger charge is 2.15. The number of thioether (sulfide) groups is 1. The highest BCUT2D eigenvalue weighted by Crippen LogP contribution is 2.28. The number of para-hydroxylation sites is 2. The Labute approximate surface area is 174 Å². The van der Waals surface area contributed by atoms with Gasteiger partial charge in [0, 0.05) is 11.1 Å².